The molecule has 0 aliphatic heterocycles. The minimum absolute atomic E-state index is 0.105. The van der Waals surface area contributed by atoms with Crippen molar-refractivity contribution in [1.29, 1.82) is 0 Å². The number of amides is 2. The summed E-state index contributed by atoms with van der Waals surface area (Å²) in [5, 5.41) is 22.6. The zero-order chi connectivity index (χ0) is 41.9. The number of carboxylic acid groups (broad SMARTS) is 1. The van der Waals surface area contributed by atoms with Crippen LogP contribution in [0.4, 0.5) is 0 Å². The van der Waals surface area contributed by atoms with Gasteiger partial charge in [-0.05, 0) is 44.6 Å². The van der Waals surface area contributed by atoms with Crippen molar-refractivity contribution in [3.8, 4) is 0 Å². The molecule has 334 valence electrons. The molecule has 2 atom stereocenters. The Morgan fingerprint density at radius 3 is 1.37 bits per heavy atom. The molecule has 0 radical (unpaired) electrons. The number of rotatable bonds is 44. The lowest BCUT2D eigenvalue weighted by molar-refractivity contribution is -0.147. The second-order valence-electron chi connectivity index (χ2n) is 16.6. The molecule has 0 spiro atoms. The summed E-state index contributed by atoms with van der Waals surface area (Å²) >= 11 is 0. The van der Waals surface area contributed by atoms with Crippen molar-refractivity contribution >= 4 is 23.8 Å². The number of carbonyl (C=O) groups excluding carboxylic acids is 3. The number of aliphatic hydroxyl groups is 1. The van der Waals surface area contributed by atoms with Crippen LogP contribution >= 0.6 is 0 Å². The van der Waals surface area contributed by atoms with Crippen LogP contribution in [0.5, 0.6) is 0 Å². The van der Waals surface area contributed by atoms with Gasteiger partial charge in [0.15, 0.2) is 0 Å². The first-order valence-electron chi connectivity index (χ1n) is 24.1. The van der Waals surface area contributed by atoms with Gasteiger partial charge < -0.3 is 25.6 Å². The van der Waals surface area contributed by atoms with Gasteiger partial charge in [-0.3, -0.25) is 14.4 Å². The number of ether oxygens (including phenoxy) is 1. The van der Waals surface area contributed by atoms with Crippen molar-refractivity contribution in [3.05, 3.63) is 12.2 Å². The Hall–Kier alpha value is -2.42. The molecule has 9 heteroatoms. The fourth-order valence-electron chi connectivity index (χ4n) is 7.27. The van der Waals surface area contributed by atoms with Gasteiger partial charge in [0, 0.05) is 12.8 Å². The van der Waals surface area contributed by atoms with Gasteiger partial charge in [0.25, 0.3) is 0 Å². The average Bonchev–Trinajstić information content (AvgIpc) is 3.20. The van der Waals surface area contributed by atoms with Gasteiger partial charge >= 0.3 is 11.9 Å². The van der Waals surface area contributed by atoms with Gasteiger partial charge in [-0.2, -0.15) is 0 Å². The normalized spacial score (nSPS) is 12.5. The number of carboxylic acids is 1. The van der Waals surface area contributed by atoms with Gasteiger partial charge in [-0.15, -0.1) is 0 Å². The number of aliphatic carboxylic acids is 1. The first-order chi connectivity index (χ1) is 27.8. The zero-order valence-electron chi connectivity index (χ0n) is 37.1. The topological polar surface area (TPSA) is 142 Å². The Labute approximate surface area is 350 Å². The highest BCUT2D eigenvalue weighted by molar-refractivity contribution is 5.87. The third kappa shape index (κ3) is 40.2. The largest absolute Gasteiger partial charge is 0.480 e. The second kappa shape index (κ2) is 43.2. The molecule has 0 aromatic carbocycles. The molecular formula is C48H90N2O7. The number of hydrogen-bond acceptors (Lipinski definition) is 6. The van der Waals surface area contributed by atoms with E-state index in [0.29, 0.717) is 12.8 Å². The quantitative estimate of drug-likeness (QED) is 0.0273. The highest BCUT2D eigenvalue weighted by atomic mass is 16.5. The maximum absolute atomic E-state index is 12.8. The maximum atomic E-state index is 12.8. The number of esters is 1. The van der Waals surface area contributed by atoms with Crippen LogP contribution in [0.1, 0.15) is 245 Å². The van der Waals surface area contributed by atoms with Crippen LogP contribution in [-0.4, -0.2) is 59.3 Å². The average molecular weight is 807 g/mol. The Morgan fingerprint density at radius 2 is 0.930 bits per heavy atom. The van der Waals surface area contributed by atoms with Crippen molar-refractivity contribution in [2.45, 2.75) is 257 Å². The molecule has 0 bridgehead atoms. The fraction of sp³-hybridized carbons (Fsp3) is 0.875. The van der Waals surface area contributed by atoms with E-state index in [4.69, 9.17) is 14.9 Å². The van der Waals surface area contributed by atoms with Crippen molar-refractivity contribution in [1.82, 2.24) is 10.6 Å². The Morgan fingerprint density at radius 1 is 0.526 bits per heavy atom. The van der Waals surface area contributed by atoms with Gasteiger partial charge in [0.2, 0.25) is 11.8 Å². The predicted octanol–water partition coefficient (Wildman–Crippen LogP) is 12.2. The minimum atomic E-state index is -1.39. The van der Waals surface area contributed by atoms with Crippen LogP contribution in [0.3, 0.4) is 0 Å². The molecular weight excluding hydrogens is 717 g/mol. The standard InChI is InChI=1S/C48H90N2O7/c1-3-5-7-9-11-13-14-15-16-17-18-19-20-21-22-23-24-25-26-28-30-36-40-47(54)57-43(37-33-29-27-12-10-8-6-4-2)38-34-31-32-35-39-45(52)49-41-46(53)50-44(42-51)48(55)56/h33,37,43-44,51H,3-32,34-36,38-42H2,1-2H3,(H,49,52)(H,50,53)(H,55,56)/b37-33-. The fourth-order valence-corrected chi connectivity index (χ4v) is 7.27. The molecule has 0 saturated carbocycles. The third-order valence-electron chi connectivity index (χ3n) is 11.0. The van der Waals surface area contributed by atoms with Crippen LogP contribution < -0.4 is 10.6 Å². The molecule has 0 aromatic heterocycles. The molecule has 9 nitrogen and oxygen atoms in total. The van der Waals surface area contributed by atoms with Crippen LogP contribution in [0.15, 0.2) is 12.2 Å². The van der Waals surface area contributed by atoms with Crippen LogP contribution in [0, 0.1) is 0 Å². The summed E-state index contributed by atoms with van der Waals surface area (Å²) in [5.41, 5.74) is 0. The number of hydrogen-bond donors (Lipinski definition) is 4. The lowest BCUT2D eigenvalue weighted by Crippen LogP contribution is -2.47. The number of nitrogens with one attached hydrogen (secondary N) is 2. The summed E-state index contributed by atoms with van der Waals surface area (Å²) in [6, 6.07) is -1.39. The molecule has 0 heterocycles. The van der Waals surface area contributed by atoms with Gasteiger partial charge in [-0.1, -0.05) is 200 Å². The maximum Gasteiger partial charge on any atom is 0.328 e. The predicted molar refractivity (Wildman–Crippen MR) is 236 cm³/mol. The lowest BCUT2D eigenvalue weighted by Gasteiger charge is -2.15. The van der Waals surface area contributed by atoms with Crippen LogP contribution in [0.25, 0.3) is 0 Å². The third-order valence-corrected chi connectivity index (χ3v) is 11.0. The van der Waals surface area contributed by atoms with E-state index in [1.54, 1.807) is 0 Å². The summed E-state index contributed by atoms with van der Waals surface area (Å²) in [4.78, 5) is 47.6. The van der Waals surface area contributed by atoms with Crippen LogP contribution in [-0.2, 0) is 23.9 Å². The van der Waals surface area contributed by atoms with E-state index in [1.165, 1.54) is 161 Å². The highest BCUT2D eigenvalue weighted by Gasteiger charge is 2.19. The Balaban J connectivity index is 4.07. The summed E-state index contributed by atoms with van der Waals surface area (Å²) in [5.74, 6) is -2.38. The molecule has 57 heavy (non-hydrogen) atoms. The monoisotopic (exact) mass is 807 g/mol. The van der Waals surface area contributed by atoms with E-state index >= 15 is 0 Å². The van der Waals surface area contributed by atoms with Crippen molar-refractivity contribution < 1.29 is 34.1 Å². The number of unbranched alkanes of at least 4 members (excludes halogenated alkanes) is 30. The summed E-state index contributed by atoms with van der Waals surface area (Å²) < 4.78 is 5.93. The first-order valence-corrected chi connectivity index (χ1v) is 24.1. The summed E-state index contributed by atoms with van der Waals surface area (Å²) in [7, 11) is 0. The lowest BCUT2D eigenvalue weighted by atomic mass is 10.0. The summed E-state index contributed by atoms with van der Waals surface area (Å²) in [6.45, 7) is 3.47. The number of aliphatic hydroxyl groups excluding tert-OH is 1. The number of carbonyl (C=O) groups is 4. The minimum Gasteiger partial charge on any atom is -0.480 e. The van der Waals surface area contributed by atoms with Crippen molar-refractivity contribution in [2.24, 2.45) is 0 Å². The molecule has 0 fully saturated rings. The van der Waals surface area contributed by atoms with E-state index < -0.39 is 24.5 Å². The van der Waals surface area contributed by atoms with Crippen molar-refractivity contribution in [3.63, 3.8) is 0 Å². The number of allylic oxidation sites excluding steroid dienone is 1. The molecule has 2 amide bonds. The first kappa shape index (κ1) is 54.6. The molecule has 4 N–H and O–H groups in total. The smallest absolute Gasteiger partial charge is 0.328 e. The van der Waals surface area contributed by atoms with E-state index in [-0.39, 0.29) is 30.9 Å². The molecule has 0 aliphatic rings. The molecule has 0 aromatic rings. The van der Waals surface area contributed by atoms with E-state index in [1.807, 2.05) is 0 Å². The molecule has 2 unspecified atom stereocenters. The van der Waals surface area contributed by atoms with Gasteiger partial charge in [0.1, 0.15) is 12.1 Å². The Bertz CT molecular complexity index is 972. The van der Waals surface area contributed by atoms with E-state index in [2.05, 4.69) is 36.6 Å². The van der Waals surface area contributed by atoms with E-state index in [0.717, 1.165) is 51.4 Å². The molecule has 0 rings (SSSR count). The molecule has 0 saturated heterocycles. The van der Waals surface area contributed by atoms with Gasteiger partial charge in [-0.25, -0.2) is 4.79 Å². The second-order valence-corrected chi connectivity index (χ2v) is 16.6. The molecule has 0 aliphatic carbocycles. The SMILES string of the molecule is CCCCCCCC/C=C\C(CCCCCCC(=O)NCC(=O)NC(CO)C(=O)O)OC(=O)CCCCCCCCCCCCCCCCCCCCCCCC. The van der Waals surface area contributed by atoms with Crippen LogP contribution in [0.2, 0.25) is 0 Å². The Kier molecular flexibility index (Phi) is 41.3. The highest BCUT2D eigenvalue weighted by Crippen LogP contribution is 2.17. The van der Waals surface area contributed by atoms with Crippen molar-refractivity contribution in [2.75, 3.05) is 13.2 Å². The van der Waals surface area contributed by atoms with E-state index in [9.17, 15) is 19.2 Å². The van der Waals surface area contributed by atoms with Gasteiger partial charge in [0.05, 0.1) is 13.2 Å². The summed E-state index contributed by atoms with van der Waals surface area (Å²) in [6.07, 6.45) is 47.0. The zero-order valence-corrected chi connectivity index (χ0v) is 37.1.